The van der Waals surface area contributed by atoms with E-state index in [1.807, 2.05) is 16.8 Å². The first-order chi connectivity index (χ1) is 12.6. The van der Waals surface area contributed by atoms with Crippen LogP contribution in [0.25, 0.3) is 0 Å². The van der Waals surface area contributed by atoms with E-state index in [2.05, 4.69) is 58.9 Å². The monoisotopic (exact) mass is 353 g/mol. The fourth-order valence-corrected chi connectivity index (χ4v) is 4.07. The molecule has 0 bridgehead atoms. The zero-order valence-electron chi connectivity index (χ0n) is 15.4. The van der Waals surface area contributed by atoms with E-state index in [1.54, 1.807) is 6.20 Å². The third-order valence-corrected chi connectivity index (χ3v) is 5.71. The number of nitrogens with zero attached hydrogens (tertiary/aromatic N) is 3. The van der Waals surface area contributed by atoms with E-state index in [1.165, 1.54) is 18.4 Å². The average Bonchev–Trinajstić information content (AvgIpc) is 3.30. The van der Waals surface area contributed by atoms with Crippen molar-refractivity contribution < 1.29 is 4.79 Å². The van der Waals surface area contributed by atoms with E-state index < -0.39 is 0 Å². The predicted octanol–water partition coefficient (Wildman–Crippen LogP) is 3.42. The van der Waals surface area contributed by atoms with E-state index in [4.69, 9.17) is 0 Å². The molecule has 1 aliphatic heterocycles. The maximum atomic E-state index is 12.6. The molecule has 2 amide bonds. The summed E-state index contributed by atoms with van der Waals surface area (Å²) in [5.41, 5.74) is 1.24. The van der Waals surface area contributed by atoms with Crippen molar-refractivity contribution in [2.45, 2.75) is 44.3 Å². The van der Waals surface area contributed by atoms with Gasteiger partial charge < -0.3 is 5.32 Å². The molecule has 3 atom stereocenters. The largest absolute Gasteiger partial charge is 0.333 e. The number of nitrogens with one attached hydrogen (secondary N) is 2. The zero-order valence-corrected chi connectivity index (χ0v) is 15.4. The number of benzene rings is 1. The summed E-state index contributed by atoms with van der Waals surface area (Å²) in [6, 6.07) is 12.7. The number of urea groups is 1. The molecule has 0 radical (unpaired) electrons. The van der Waals surface area contributed by atoms with Crippen LogP contribution in [0.5, 0.6) is 0 Å². The molecule has 2 N–H and O–H groups in total. The van der Waals surface area contributed by atoms with Gasteiger partial charge in [-0.1, -0.05) is 30.3 Å². The van der Waals surface area contributed by atoms with E-state index in [9.17, 15) is 4.79 Å². The van der Waals surface area contributed by atoms with Crippen LogP contribution in [0.2, 0.25) is 0 Å². The maximum absolute atomic E-state index is 12.6. The summed E-state index contributed by atoms with van der Waals surface area (Å²) in [5, 5.41) is 10.6. The number of hydrogen-bond donors (Lipinski definition) is 2. The van der Waals surface area contributed by atoms with Crippen LogP contribution < -0.4 is 10.6 Å². The van der Waals surface area contributed by atoms with Gasteiger partial charge in [-0.05, 0) is 44.7 Å². The normalized spacial score (nSPS) is 24.4. The third kappa shape index (κ3) is 3.46. The highest BCUT2D eigenvalue weighted by Gasteiger charge is 2.34. The third-order valence-electron chi connectivity index (χ3n) is 5.71. The van der Waals surface area contributed by atoms with Gasteiger partial charge in [-0.3, -0.25) is 10.2 Å². The minimum absolute atomic E-state index is 0.0969. The maximum Gasteiger partial charge on any atom is 0.320 e. The Bertz CT molecular complexity index is 755. The molecule has 0 spiro atoms. The Kier molecular flexibility index (Phi) is 4.68. The molecule has 6 heteroatoms. The molecular weight excluding hydrogens is 326 g/mol. The van der Waals surface area contributed by atoms with Crippen LogP contribution in [0.3, 0.4) is 0 Å². The fourth-order valence-electron chi connectivity index (χ4n) is 4.07. The topological polar surface area (TPSA) is 62.2 Å². The molecule has 4 rings (SSSR count). The van der Waals surface area contributed by atoms with Crippen LogP contribution in [-0.2, 0) is 0 Å². The second-order valence-electron chi connectivity index (χ2n) is 7.57. The van der Waals surface area contributed by atoms with Gasteiger partial charge in [-0.2, -0.15) is 5.10 Å². The lowest BCUT2D eigenvalue weighted by atomic mass is 10.0. The van der Waals surface area contributed by atoms with Crippen molar-refractivity contribution in [3.05, 3.63) is 48.2 Å². The summed E-state index contributed by atoms with van der Waals surface area (Å²) in [6.45, 7) is 3.15. The molecule has 2 fully saturated rings. The SMILES string of the molecule is CC(C1CC1)n1nccc1NC(=O)NC1CCN(C)C1c1ccccc1. The Morgan fingerprint density at radius 1 is 1.19 bits per heavy atom. The first-order valence-corrected chi connectivity index (χ1v) is 9.49. The highest BCUT2D eigenvalue weighted by Crippen LogP contribution is 2.40. The van der Waals surface area contributed by atoms with Gasteiger partial charge in [0.05, 0.1) is 24.3 Å². The highest BCUT2D eigenvalue weighted by molar-refractivity contribution is 5.88. The van der Waals surface area contributed by atoms with Gasteiger partial charge in [0.15, 0.2) is 0 Å². The van der Waals surface area contributed by atoms with Gasteiger partial charge in [0.25, 0.3) is 0 Å². The number of likely N-dealkylation sites (tertiary alicyclic amines) is 1. The number of hydrogen-bond acceptors (Lipinski definition) is 3. The average molecular weight is 353 g/mol. The number of carbonyl (C=O) groups excluding carboxylic acids is 1. The van der Waals surface area contributed by atoms with Gasteiger partial charge in [-0.15, -0.1) is 0 Å². The Labute approximate surface area is 154 Å². The Balaban J connectivity index is 1.42. The van der Waals surface area contributed by atoms with Crippen LogP contribution in [-0.4, -0.2) is 40.3 Å². The molecule has 2 aliphatic rings. The summed E-state index contributed by atoms with van der Waals surface area (Å²) in [7, 11) is 2.11. The van der Waals surface area contributed by atoms with Gasteiger partial charge in [0.2, 0.25) is 0 Å². The Morgan fingerprint density at radius 2 is 1.96 bits per heavy atom. The minimum Gasteiger partial charge on any atom is -0.333 e. The highest BCUT2D eigenvalue weighted by atomic mass is 16.2. The van der Waals surface area contributed by atoms with E-state index >= 15 is 0 Å². The number of amides is 2. The van der Waals surface area contributed by atoms with Crippen molar-refractivity contribution in [3.63, 3.8) is 0 Å². The number of carbonyl (C=O) groups is 1. The van der Waals surface area contributed by atoms with E-state index in [0.29, 0.717) is 12.0 Å². The molecule has 6 nitrogen and oxygen atoms in total. The molecule has 1 saturated carbocycles. The molecular formula is C20H27N5O. The van der Waals surface area contributed by atoms with E-state index in [0.717, 1.165) is 18.8 Å². The lowest BCUT2D eigenvalue weighted by Gasteiger charge is -2.26. The molecule has 1 aromatic heterocycles. The summed E-state index contributed by atoms with van der Waals surface area (Å²) in [6.07, 6.45) is 5.20. The number of likely N-dealkylation sites (N-methyl/N-ethyl adjacent to an activating group) is 1. The van der Waals surface area contributed by atoms with Crippen molar-refractivity contribution in [1.82, 2.24) is 20.0 Å². The fraction of sp³-hybridized carbons (Fsp3) is 0.500. The Hall–Kier alpha value is -2.34. The zero-order chi connectivity index (χ0) is 18.1. The van der Waals surface area contributed by atoms with Gasteiger partial charge in [-0.25, -0.2) is 9.48 Å². The van der Waals surface area contributed by atoms with Crippen molar-refractivity contribution in [3.8, 4) is 0 Å². The van der Waals surface area contributed by atoms with Crippen LogP contribution in [0, 0.1) is 5.92 Å². The number of anilines is 1. The molecule has 1 saturated heterocycles. The Morgan fingerprint density at radius 3 is 2.69 bits per heavy atom. The van der Waals surface area contributed by atoms with E-state index in [-0.39, 0.29) is 18.1 Å². The lowest BCUT2D eigenvalue weighted by molar-refractivity contribution is 0.240. The van der Waals surface area contributed by atoms with Crippen LogP contribution in [0.4, 0.5) is 10.6 Å². The predicted molar refractivity (Wildman–Crippen MR) is 102 cm³/mol. The van der Waals surface area contributed by atoms with Crippen molar-refractivity contribution in [2.75, 3.05) is 18.9 Å². The number of aromatic nitrogens is 2. The number of rotatable bonds is 5. The molecule has 2 heterocycles. The van der Waals surface area contributed by atoms with Gasteiger partial charge in [0.1, 0.15) is 5.82 Å². The quantitative estimate of drug-likeness (QED) is 0.866. The lowest BCUT2D eigenvalue weighted by Crippen LogP contribution is -2.41. The van der Waals surface area contributed by atoms with Gasteiger partial charge in [0, 0.05) is 12.6 Å². The first kappa shape index (κ1) is 17.1. The van der Waals surface area contributed by atoms with Crippen LogP contribution in [0.1, 0.15) is 43.8 Å². The van der Waals surface area contributed by atoms with Crippen molar-refractivity contribution in [1.29, 1.82) is 0 Å². The molecule has 26 heavy (non-hydrogen) atoms. The summed E-state index contributed by atoms with van der Waals surface area (Å²) in [5.74, 6) is 1.45. The standard InChI is InChI=1S/C20H27N5O/c1-14(15-8-9-15)25-18(10-12-21-25)23-20(26)22-17-11-13-24(2)19(17)16-6-4-3-5-7-16/h3-7,10,12,14-15,17,19H,8-9,11,13H2,1-2H3,(H2,22,23,26). The molecule has 1 aromatic carbocycles. The van der Waals surface area contributed by atoms with Crippen LogP contribution in [0.15, 0.2) is 42.6 Å². The van der Waals surface area contributed by atoms with Crippen LogP contribution >= 0.6 is 0 Å². The summed E-state index contributed by atoms with van der Waals surface area (Å²) >= 11 is 0. The van der Waals surface area contributed by atoms with Crippen molar-refractivity contribution in [2.24, 2.45) is 5.92 Å². The first-order valence-electron chi connectivity index (χ1n) is 9.49. The molecule has 3 unspecified atom stereocenters. The molecule has 138 valence electrons. The minimum atomic E-state index is -0.157. The molecule has 1 aliphatic carbocycles. The van der Waals surface area contributed by atoms with Crippen molar-refractivity contribution >= 4 is 11.8 Å². The smallest absolute Gasteiger partial charge is 0.320 e. The van der Waals surface area contributed by atoms with Gasteiger partial charge >= 0.3 is 6.03 Å². The molecule has 2 aromatic rings. The summed E-state index contributed by atoms with van der Waals surface area (Å²) in [4.78, 5) is 14.9. The summed E-state index contributed by atoms with van der Waals surface area (Å²) < 4.78 is 1.94. The second-order valence-corrected chi connectivity index (χ2v) is 7.57. The second kappa shape index (κ2) is 7.11.